The minimum atomic E-state index is -0.570. The van der Waals surface area contributed by atoms with Gasteiger partial charge in [-0.05, 0) is 51.3 Å². The first kappa shape index (κ1) is 19.0. The van der Waals surface area contributed by atoms with Gasteiger partial charge in [-0.2, -0.15) is 0 Å². The summed E-state index contributed by atoms with van der Waals surface area (Å²) in [7, 11) is 0. The van der Waals surface area contributed by atoms with Gasteiger partial charge in [-0.25, -0.2) is 0 Å². The molecular weight excluding hydrogens is 312 g/mol. The van der Waals surface area contributed by atoms with E-state index in [2.05, 4.69) is 5.32 Å². The number of rotatable bonds is 6. The summed E-state index contributed by atoms with van der Waals surface area (Å²) in [5.41, 5.74) is 8.86. The summed E-state index contributed by atoms with van der Waals surface area (Å²) in [6.45, 7) is 8.44. The van der Waals surface area contributed by atoms with Gasteiger partial charge in [-0.15, -0.1) is 0 Å². The second kappa shape index (κ2) is 8.17. The molecule has 0 saturated carbocycles. The van der Waals surface area contributed by atoms with E-state index in [4.69, 9.17) is 10.5 Å². The second-order valence-electron chi connectivity index (χ2n) is 7.34. The normalized spacial score (nSPS) is 12.5. The summed E-state index contributed by atoms with van der Waals surface area (Å²) in [6, 6.07) is 15.2. The average Bonchev–Trinajstić information content (AvgIpc) is 2.53. The first-order valence-electron chi connectivity index (χ1n) is 8.60. The van der Waals surface area contributed by atoms with E-state index in [9.17, 15) is 4.79 Å². The molecule has 0 saturated heterocycles. The van der Waals surface area contributed by atoms with E-state index < -0.39 is 6.04 Å². The standard InChI is InChI=1S/C21H28N2O2/c1-15-10-11-17(19(12-15)25-21(2,3)4)14-23-20(24)18(22)13-16-8-6-5-7-9-16/h5-12,18H,13-14,22H2,1-4H3,(H,23,24)/t18-/m0/s1. The minimum absolute atomic E-state index is 0.161. The van der Waals surface area contributed by atoms with Crippen LogP contribution in [0.25, 0.3) is 0 Å². The maximum atomic E-state index is 12.3. The summed E-state index contributed by atoms with van der Waals surface area (Å²) in [4.78, 5) is 12.3. The molecule has 3 N–H and O–H groups in total. The van der Waals surface area contributed by atoms with Crippen LogP contribution in [0.15, 0.2) is 48.5 Å². The van der Waals surface area contributed by atoms with Crippen molar-refractivity contribution in [1.29, 1.82) is 0 Å². The number of benzene rings is 2. The lowest BCUT2D eigenvalue weighted by molar-refractivity contribution is -0.122. The van der Waals surface area contributed by atoms with Crippen molar-refractivity contribution in [3.05, 3.63) is 65.2 Å². The third kappa shape index (κ3) is 6.24. The highest BCUT2D eigenvalue weighted by Crippen LogP contribution is 2.24. The molecule has 1 atom stereocenters. The van der Waals surface area contributed by atoms with Crippen molar-refractivity contribution < 1.29 is 9.53 Å². The van der Waals surface area contributed by atoms with Gasteiger partial charge < -0.3 is 15.8 Å². The van der Waals surface area contributed by atoms with Crippen LogP contribution in [-0.2, 0) is 17.8 Å². The molecule has 2 rings (SSSR count). The summed E-state index contributed by atoms with van der Waals surface area (Å²) >= 11 is 0. The van der Waals surface area contributed by atoms with Crippen LogP contribution in [0.2, 0.25) is 0 Å². The topological polar surface area (TPSA) is 64.4 Å². The smallest absolute Gasteiger partial charge is 0.237 e. The van der Waals surface area contributed by atoms with Crippen LogP contribution in [0.4, 0.5) is 0 Å². The van der Waals surface area contributed by atoms with E-state index in [0.717, 1.165) is 22.4 Å². The van der Waals surface area contributed by atoms with Crippen molar-refractivity contribution in [2.45, 2.75) is 52.3 Å². The molecule has 0 fully saturated rings. The number of nitrogens with two attached hydrogens (primary N) is 1. The molecule has 134 valence electrons. The molecule has 0 bridgehead atoms. The highest BCUT2D eigenvalue weighted by molar-refractivity contribution is 5.81. The average molecular weight is 340 g/mol. The van der Waals surface area contributed by atoms with Gasteiger partial charge in [-0.1, -0.05) is 42.5 Å². The van der Waals surface area contributed by atoms with Crippen molar-refractivity contribution in [2.24, 2.45) is 5.73 Å². The van der Waals surface area contributed by atoms with E-state index in [-0.39, 0.29) is 11.5 Å². The van der Waals surface area contributed by atoms with Crippen LogP contribution in [-0.4, -0.2) is 17.6 Å². The molecule has 0 aromatic heterocycles. The van der Waals surface area contributed by atoms with Crippen molar-refractivity contribution in [3.63, 3.8) is 0 Å². The van der Waals surface area contributed by atoms with E-state index in [1.165, 1.54) is 0 Å². The lowest BCUT2D eigenvalue weighted by Gasteiger charge is -2.24. The van der Waals surface area contributed by atoms with Gasteiger partial charge in [0.2, 0.25) is 5.91 Å². The Morgan fingerprint density at radius 3 is 2.48 bits per heavy atom. The fourth-order valence-electron chi connectivity index (χ4n) is 2.51. The Morgan fingerprint density at radius 2 is 1.84 bits per heavy atom. The molecule has 1 amide bonds. The Morgan fingerprint density at radius 1 is 1.16 bits per heavy atom. The SMILES string of the molecule is Cc1ccc(CNC(=O)[C@@H](N)Cc2ccccc2)c(OC(C)(C)C)c1. The number of hydrogen-bond donors (Lipinski definition) is 2. The lowest BCUT2D eigenvalue weighted by Crippen LogP contribution is -2.41. The first-order valence-corrected chi connectivity index (χ1v) is 8.60. The summed E-state index contributed by atoms with van der Waals surface area (Å²) in [5, 5.41) is 2.92. The third-order valence-electron chi connectivity index (χ3n) is 3.73. The molecule has 4 heteroatoms. The Kier molecular flexibility index (Phi) is 6.21. The number of carbonyl (C=O) groups is 1. The molecule has 0 radical (unpaired) electrons. The van der Waals surface area contributed by atoms with Gasteiger partial charge in [0.25, 0.3) is 0 Å². The molecule has 25 heavy (non-hydrogen) atoms. The van der Waals surface area contributed by atoms with Gasteiger partial charge in [0.05, 0.1) is 6.04 Å². The predicted octanol–water partition coefficient (Wildman–Crippen LogP) is 3.36. The van der Waals surface area contributed by atoms with Crippen LogP contribution in [0.5, 0.6) is 5.75 Å². The van der Waals surface area contributed by atoms with Gasteiger partial charge in [0.1, 0.15) is 11.4 Å². The van der Waals surface area contributed by atoms with E-state index in [0.29, 0.717) is 13.0 Å². The van der Waals surface area contributed by atoms with Gasteiger partial charge in [0.15, 0.2) is 0 Å². The van der Waals surface area contributed by atoms with E-state index in [1.807, 2.05) is 76.2 Å². The molecule has 0 unspecified atom stereocenters. The molecule has 0 aliphatic heterocycles. The van der Waals surface area contributed by atoms with E-state index >= 15 is 0 Å². The highest BCUT2D eigenvalue weighted by atomic mass is 16.5. The fourth-order valence-corrected chi connectivity index (χ4v) is 2.51. The molecule has 0 aliphatic carbocycles. The maximum absolute atomic E-state index is 12.3. The van der Waals surface area contributed by atoms with Crippen molar-refractivity contribution in [2.75, 3.05) is 0 Å². The van der Waals surface area contributed by atoms with E-state index in [1.54, 1.807) is 0 Å². The zero-order chi connectivity index (χ0) is 18.4. The Bertz CT molecular complexity index is 706. The maximum Gasteiger partial charge on any atom is 0.237 e. The first-order chi connectivity index (χ1) is 11.7. The number of carbonyl (C=O) groups excluding carboxylic acids is 1. The molecule has 0 heterocycles. The molecule has 0 spiro atoms. The van der Waals surface area contributed by atoms with Gasteiger partial charge >= 0.3 is 0 Å². The fraction of sp³-hybridized carbons (Fsp3) is 0.381. The third-order valence-corrected chi connectivity index (χ3v) is 3.73. The van der Waals surface area contributed by atoms with Crippen molar-refractivity contribution in [3.8, 4) is 5.75 Å². The van der Waals surface area contributed by atoms with Gasteiger partial charge in [-0.3, -0.25) is 4.79 Å². The van der Waals surface area contributed by atoms with Crippen molar-refractivity contribution in [1.82, 2.24) is 5.32 Å². The number of amides is 1. The van der Waals surface area contributed by atoms with Crippen LogP contribution in [0, 0.1) is 6.92 Å². The Hall–Kier alpha value is -2.33. The Labute approximate surface area is 150 Å². The van der Waals surface area contributed by atoms with Crippen molar-refractivity contribution >= 4 is 5.91 Å². The van der Waals surface area contributed by atoms with Gasteiger partial charge in [0, 0.05) is 12.1 Å². The number of nitrogens with one attached hydrogen (secondary N) is 1. The summed E-state index contributed by atoms with van der Waals surface area (Å²) in [6.07, 6.45) is 0.520. The highest BCUT2D eigenvalue weighted by Gasteiger charge is 2.17. The summed E-state index contributed by atoms with van der Waals surface area (Å²) < 4.78 is 6.02. The molecule has 2 aromatic rings. The summed E-state index contributed by atoms with van der Waals surface area (Å²) in [5.74, 6) is 0.635. The van der Waals surface area contributed by atoms with Crippen LogP contribution < -0.4 is 15.8 Å². The minimum Gasteiger partial charge on any atom is -0.488 e. The molecule has 4 nitrogen and oxygen atoms in total. The molecular formula is C21H28N2O2. The second-order valence-corrected chi connectivity index (χ2v) is 7.34. The number of aryl methyl sites for hydroxylation is 1. The van der Waals surface area contributed by atoms with Crippen LogP contribution >= 0.6 is 0 Å². The predicted molar refractivity (Wildman–Crippen MR) is 102 cm³/mol. The number of ether oxygens (including phenoxy) is 1. The lowest BCUT2D eigenvalue weighted by atomic mass is 10.1. The van der Waals surface area contributed by atoms with Crippen LogP contribution in [0.3, 0.4) is 0 Å². The van der Waals surface area contributed by atoms with Crippen LogP contribution in [0.1, 0.15) is 37.5 Å². The Balaban J connectivity index is 1.99. The monoisotopic (exact) mass is 340 g/mol. The quantitative estimate of drug-likeness (QED) is 0.847. The molecule has 0 aliphatic rings. The number of hydrogen-bond acceptors (Lipinski definition) is 3. The zero-order valence-electron chi connectivity index (χ0n) is 15.5. The largest absolute Gasteiger partial charge is 0.488 e. The molecule has 2 aromatic carbocycles. The zero-order valence-corrected chi connectivity index (χ0v) is 15.5.